The van der Waals surface area contributed by atoms with Crippen LogP contribution in [0.1, 0.15) is 45.4 Å². The predicted molar refractivity (Wildman–Crippen MR) is 87.2 cm³/mol. The molecular weight excluding hydrogens is 328 g/mol. The fraction of sp³-hybridized carbons (Fsp3) is 0.765. The Kier molecular flexibility index (Phi) is 5.15. The third kappa shape index (κ3) is 3.44. The molecule has 3 heterocycles. The van der Waals surface area contributed by atoms with E-state index >= 15 is 0 Å². The average molecular weight is 355 g/mol. The summed E-state index contributed by atoms with van der Waals surface area (Å²) in [6.45, 7) is 5.57. The van der Waals surface area contributed by atoms with Crippen LogP contribution in [0.4, 0.5) is 0 Å². The minimum absolute atomic E-state index is 0.168. The van der Waals surface area contributed by atoms with Crippen molar-refractivity contribution in [2.24, 2.45) is 0 Å². The molecule has 1 aromatic heterocycles. The number of nitrogens with zero attached hydrogens (tertiary/aromatic N) is 1. The number of rotatable bonds is 6. The zero-order valence-corrected chi connectivity index (χ0v) is 15.2. The minimum Gasteiger partial charge on any atom is -0.434 e. The second-order valence-electron chi connectivity index (χ2n) is 6.94. The van der Waals surface area contributed by atoms with Crippen molar-refractivity contribution in [3.8, 4) is 6.01 Å². The van der Waals surface area contributed by atoms with Crippen LogP contribution in [0, 0.1) is 0 Å². The Morgan fingerprint density at radius 2 is 2.08 bits per heavy atom. The second-order valence-corrected chi connectivity index (χ2v) is 6.94. The molecule has 0 unspecified atom stereocenters. The van der Waals surface area contributed by atoms with Crippen LogP contribution in [0.3, 0.4) is 0 Å². The molecule has 0 aliphatic carbocycles. The number of ether oxygens (including phenoxy) is 4. The number of aliphatic hydroxyl groups is 1. The maximum Gasteiger partial charge on any atom is 0.458 e. The molecule has 2 N–H and O–H groups in total. The normalized spacial score (nSPS) is 30.4. The number of aryl methyl sites for hydroxylation is 1. The van der Waals surface area contributed by atoms with Gasteiger partial charge in [-0.15, -0.1) is 0 Å². The van der Waals surface area contributed by atoms with Gasteiger partial charge in [0.1, 0.15) is 18.4 Å². The molecule has 0 bridgehead atoms. The maximum absolute atomic E-state index is 12.2. The summed E-state index contributed by atoms with van der Waals surface area (Å²) < 4.78 is 24.9. The highest BCUT2D eigenvalue weighted by atomic mass is 16.8. The highest BCUT2D eigenvalue weighted by molar-refractivity contribution is 5.04. The van der Waals surface area contributed by atoms with Crippen LogP contribution in [0.2, 0.25) is 0 Å². The van der Waals surface area contributed by atoms with Crippen molar-refractivity contribution in [1.82, 2.24) is 4.98 Å². The van der Waals surface area contributed by atoms with Gasteiger partial charge in [-0.05, 0) is 26.7 Å². The van der Waals surface area contributed by atoms with E-state index in [1.165, 1.54) is 7.11 Å². The van der Waals surface area contributed by atoms with Crippen LogP contribution in [-0.4, -0.2) is 47.9 Å². The number of fused-ring (bicyclic) bond motifs is 1. The fourth-order valence-electron chi connectivity index (χ4n) is 3.45. The van der Waals surface area contributed by atoms with Crippen molar-refractivity contribution < 1.29 is 28.6 Å². The minimum atomic E-state index is -0.758. The van der Waals surface area contributed by atoms with Gasteiger partial charge in [0, 0.05) is 0 Å². The van der Waals surface area contributed by atoms with Crippen molar-refractivity contribution in [3.63, 3.8) is 0 Å². The highest BCUT2D eigenvalue weighted by Gasteiger charge is 2.58. The van der Waals surface area contributed by atoms with Crippen LogP contribution < -0.4 is 14.9 Å². The monoisotopic (exact) mass is 355 g/mol. The molecule has 1 aromatic rings. The van der Waals surface area contributed by atoms with Crippen molar-refractivity contribution in [1.29, 1.82) is 0 Å². The van der Waals surface area contributed by atoms with E-state index in [-0.39, 0.29) is 24.3 Å². The van der Waals surface area contributed by atoms with E-state index < -0.39 is 24.2 Å². The molecule has 2 aliphatic rings. The van der Waals surface area contributed by atoms with Crippen molar-refractivity contribution in [2.75, 3.05) is 13.7 Å². The summed E-state index contributed by atoms with van der Waals surface area (Å²) >= 11 is 0. The molecule has 2 fully saturated rings. The lowest BCUT2D eigenvalue weighted by Gasteiger charge is -2.23. The topological polar surface area (TPSA) is 93.9 Å². The van der Waals surface area contributed by atoms with E-state index in [9.17, 15) is 9.90 Å². The summed E-state index contributed by atoms with van der Waals surface area (Å²) in [5.41, 5.74) is 0.493. The summed E-state index contributed by atoms with van der Waals surface area (Å²) in [6.07, 6.45) is 2.49. The van der Waals surface area contributed by atoms with E-state index in [1.807, 2.05) is 13.8 Å². The van der Waals surface area contributed by atoms with Gasteiger partial charge in [-0.1, -0.05) is 13.3 Å². The lowest BCUT2D eigenvalue weighted by molar-refractivity contribution is -0.772. The van der Waals surface area contributed by atoms with Gasteiger partial charge in [-0.25, -0.2) is 4.79 Å². The standard InChI is InChI=1S/C17H26N2O6/c1-5-6-7-10-8-19(16(22-4)18-14(10)21)15-13-12(11(9-20)23-15)24-17(2,3)25-13/h8,11-13,15,20H,5-7,9H2,1-4H3/p+1/t11-,12-,13-,15-/m1/s1. The molecule has 3 rings (SSSR count). The number of aliphatic hydroxyl groups excluding tert-OH is 1. The summed E-state index contributed by atoms with van der Waals surface area (Å²) in [5, 5.41) is 9.63. The molecule has 2 saturated heterocycles. The number of nitrogens with one attached hydrogen (secondary N) is 1. The molecule has 25 heavy (non-hydrogen) atoms. The van der Waals surface area contributed by atoms with E-state index in [1.54, 1.807) is 10.8 Å². The molecule has 2 aliphatic heterocycles. The Morgan fingerprint density at radius 1 is 1.36 bits per heavy atom. The quantitative estimate of drug-likeness (QED) is 0.719. The van der Waals surface area contributed by atoms with E-state index in [0.717, 1.165) is 12.8 Å². The van der Waals surface area contributed by atoms with Gasteiger partial charge in [0.15, 0.2) is 11.9 Å². The molecule has 8 heteroatoms. The Morgan fingerprint density at radius 3 is 2.72 bits per heavy atom. The van der Waals surface area contributed by atoms with Gasteiger partial charge in [-0.3, -0.25) is 0 Å². The van der Waals surface area contributed by atoms with Crippen LogP contribution in [-0.2, 0) is 20.6 Å². The predicted octanol–water partition coefficient (Wildman–Crippen LogP) is 0.423. The lowest BCUT2D eigenvalue weighted by Crippen LogP contribution is -2.49. The number of unbranched alkanes of at least 4 members (excludes halogenated alkanes) is 1. The molecular formula is C17H27N2O6+. The van der Waals surface area contributed by atoms with Crippen LogP contribution in [0.25, 0.3) is 0 Å². The molecule has 0 spiro atoms. The Labute approximate surface area is 146 Å². The summed E-state index contributed by atoms with van der Waals surface area (Å²) in [5.74, 6) is -0.758. The van der Waals surface area contributed by atoms with E-state index in [0.29, 0.717) is 12.0 Å². The first-order valence-corrected chi connectivity index (χ1v) is 8.73. The fourth-order valence-corrected chi connectivity index (χ4v) is 3.45. The van der Waals surface area contributed by atoms with E-state index in [4.69, 9.17) is 18.9 Å². The summed E-state index contributed by atoms with van der Waals surface area (Å²) in [6, 6.07) is 0.279. The molecule has 4 atom stereocenters. The Balaban J connectivity index is 1.98. The van der Waals surface area contributed by atoms with Crippen LogP contribution in [0.5, 0.6) is 6.01 Å². The smallest absolute Gasteiger partial charge is 0.434 e. The third-order valence-corrected chi connectivity index (χ3v) is 4.61. The van der Waals surface area contributed by atoms with Gasteiger partial charge in [-0.2, -0.15) is 9.55 Å². The van der Waals surface area contributed by atoms with Crippen molar-refractivity contribution in [2.45, 2.75) is 70.4 Å². The number of H-pyrrole nitrogens is 1. The van der Waals surface area contributed by atoms with Gasteiger partial charge < -0.3 is 24.1 Å². The average Bonchev–Trinajstić information content (AvgIpc) is 3.06. The third-order valence-electron chi connectivity index (χ3n) is 4.61. The lowest BCUT2D eigenvalue weighted by atomic mass is 10.1. The maximum atomic E-state index is 12.2. The highest BCUT2D eigenvalue weighted by Crippen LogP contribution is 2.41. The SMILES string of the molecule is CCCCc1c[n+]([C@@H]2O[C@H](CO)[C@H]3OC(C)(C)O[C@H]32)c(OC)[nH]c1=O. The van der Waals surface area contributed by atoms with Crippen LogP contribution in [0.15, 0.2) is 11.0 Å². The molecule has 0 saturated carbocycles. The van der Waals surface area contributed by atoms with Crippen LogP contribution >= 0.6 is 0 Å². The van der Waals surface area contributed by atoms with Gasteiger partial charge in [0.25, 0.3) is 0 Å². The second kappa shape index (κ2) is 7.03. The zero-order valence-electron chi connectivity index (χ0n) is 15.2. The van der Waals surface area contributed by atoms with Gasteiger partial charge >= 0.3 is 11.6 Å². The molecule has 8 nitrogen and oxygen atoms in total. The van der Waals surface area contributed by atoms with Gasteiger partial charge in [0.05, 0.1) is 19.3 Å². The Hall–Kier alpha value is -1.48. The van der Waals surface area contributed by atoms with Gasteiger partial charge in [0.2, 0.25) is 6.23 Å². The number of methoxy groups -OCH3 is 1. The van der Waals surface area contributed by atoms with E-state index in [2.05, 4.69) is 11.9 Å². The summed E-state index contributed by atoms with van der Waals surface area (Å²) in [7, 11) is 1.49. The first-order chi connectivity index (χ1) is 11.9. The molecule has 0 amide bonds. The number of aromatic amines is 1. The molecule has 140 valence electrons. The van der Waals surface area contributed by atoms with Crippen molar-refractivity contribution in [3.05, 3.63) is 22.1 Å². The van der Waals surface area contributed by atoms with Crippen molar-refractivity contribution >= 4 is 0 Å². The zero-order chi connectivity index (χ0) is 18.2. The first-order valence-electron chi connectivity index (χ1n) is 8.73. The largest absolute Gasteiger partial charge is 0.458 e. The number of aromatic nitrogens is 2. The molecule has 0 aromatic carbocycles. The Bertz CT molecular complexity index is 674. The summed E-state index contributed by atoms with van der Waals surface area (Å²) in [4.78, 5) is 15.0. The number of hydrogen-bond acceptors (Lipinski definition) is 6. The molecule has 0 radical (unpaired) electrons. The first kappa shape index (κ1) is 18.3. The number of hydrogen-bond donors (Lipinski definition) is 2.